The summed E-state index contributed by atoms with van der Waals surface area (Å²) in [7, 11) is 0. The van der Waals surface area contributed by atoms with E-state index in [-0.39, 0.29) is 0 Å². The standard InChI is InChI=1S/2C6H14S.2C5H12S.C3H8S2/c2*1-3-4-6(2)5-7;1-3-5(2)4-6;1-2-3-4-5-6;1-3(5)2-4/h2*6-7H,3-5H2,1-2H3;5-6H,3-4H2,1-2H3;6H,2-5H2,1H3;3-5H,2H2,1H3. The van der Waals surface area contributed by atoms with Crippen LogP contribution in [0.2, 0.25) is 0 Å². The highest BCUT2D eigenvalue weighted by molar-refractivity contribution is 7.84. The minimum atomic E-state index is 0.443. The lowest BCUT2D eigenvalue weighted by Gasteiger charge is -2.01. The van der Waals surface area contributed by atoms with Crippen molar-refractivity contribution in [2.24, 2.45) is 17.8 Å². The third kappa shape index (κ3) is 65.3. The molecule has 0 aromatic rings. The summed E-state index contributed by atoms with van der Waals surface area (Å²) in [5.41, 5.74) is 0. The highest BCUT2D eigenvalue weighted by Gasteiger charge is 1.94. The van der Waals surface area contributed by atoms with Gasteiger partial charge < -0.3 is 0 Å². The van der Waals surface area contributed by atoms with Gasteiger partial charge in [-0.05, 0) is 47.2 Å². The van der Waals surface area contributed by atoms with Gasteiger partial charge in [0.2, 0.25) is 0 Å². The zero-order valence-electron chi connectivity index (χ0n) is 22.2. The van der Waals surface area contributed by atoms with Crippen molar-refractivity contribution in [1.29, 1.82) is 0 Å². The van der Waals surface area contributed by atoms with Crippen molar-refractivity contribution in [2.45, 2.75) is 112 Å². The van der Waals surface area contributed by atoms with Gasteiger partial charge in [-0.2, -0.15) is 75.8 Å². The predicted octanol–water partition coefficient (Wildman–Crippen LogP) is 10.0. The third-order valence-electron chi connectivity index (χ3n) is 4.22. The normalized spacial score (nSPS) is 13.4. The molecule has 0 bridgehead atoms. The number of thiol groups is 6. The summed E-state index contributed by atoms with van der Waals surface area (Å²) >= 11 is 24.4. The molecule has 0 aromatic carbocycles. The van der Waals surface area contributed by atoms with E-state index in [1.165, 1.54) is 51.4 Å². The lowest BCUT2D eigenvalue weighted by Crippen LogP contribution is -1.93. The van der Waals surface area contributed by atoms with Crippen molar-refractivity contribution >= 4 is 75.8 Å². The molecule has 0 aliphatic heterocycles. The van der Waals surface area contributed by atoms with E-state index in [1.807, 2.05) is 6.92 Å². The smallest absolute Gasteiger partial charge is 0.00766 e. The van der Waals surface area contributed by atoms with Crippen LogP contribution in [0.5, 0.6) is 0 Å². The van der Waals surface area contributed by atoms with Crippen molar-refractivity contribution in [1.82, 2.24) is 0 Å². The largest absolute Gasteiger partial charge is 0.179 e. The number of rotatable bonds is 12. The molecule has 196 valence electrons. The molecule has 0 nitrogen and oxygen atoms in total. The van der Waals surface area contributed by atoms with Crippen molar-refractivity contribution in [3.8, 4) is 0 Å². The van der Waals surface area contributed by atoms with E-state index in [4.69, 9.17) is 0 Å². The summed E-state index contributed by atoms with van der Waals surface area (Å²) in [4.78, 5) is 0. The summed E-state index contributed by atoms with van der Waals surface area (Å²) in [6.07, 6.45) is 10.4. The maximum absolute atomic E-state index is 4.15. The van der Waals surface area contributed by atoms with E-state index < -0.39 is 0 Å². The lowest BCUT2D eigenvalue weighted by atomic mass is 10.1. The molecule has 0 fully saturated rings. The van der Waals surface area contributed by atoms with Gasteiger partial charge in [-0.1, -0.05) is 100 Å². The zero-order valence-corrected chi connectivity index (χ0v) is 27.6. The van der Waals surface area contributed by atoms with Crippen molar-refractivity contribution in [3.63, 3.8) is 0 Å². The molecule has 0 saturated heterocycles. The van der Waals surface area contributed by atoms with Gasteiger partial charge in [0, 0.05) is 11.0 Å². The highest BCUT2D eigenvalue weighted by atomic mass is 32.1. The van der Waals surface area contributed by atoms with Gasteiger partial charge in [-0.25, -0.2) is 0 Å². The molecule has 0 spiro atoms. The lowest BCUT2D eigenvalue weighted by molar-refractivity contribution is 0.586. The Labute approximate surface area is 232 Å². The molecular formula is C25H60S6. The molecule has 0 amide bonds. The van der Waals surface area contributed by atoms with E-state index in [1.54, 1.807) is 0 Å². The minimum absolute atomic E-state index is 0.443. The van der Waals surface area contributed by atoms with E-state index >= 15 is 0 Å². The van der Waals surface area contributed by atoms with Crippen LogP contribution in [-0.2, 0) is 0 Å². The fraction of sp³-hybridized carbons (Fsp3) is 1.00. The van der Waals surface area contributed by atoms with E-state index in [0.717, 1.165) is 46.5 Å². The molecule has 0 aliphatic carbocycles. The van der Waals surface area contributed by atoms with Crippen LogP contribution < -0.4 is 0 Å². The molecule has 0 aromatic heterocycles. The molecule has 0 saturated carbocycles. The van der Waals surface area contributed by atoms with Gasteiger partial charge in [0.15, 0.2) is 0 Å². The first-order chi connectivity index (χ1) is 14.6. The second kappa shape index (κ2) is 42.3. The summed E-state index contributed by atoms with van der Waals surface area (Å²) in [5, 5.41) is 0.443. The molecule has 4 atom stereocenters. The summed E-state index contributed by atoms with van der Waals surface area (Å²) in [6, 6.07) is 0. The molecule has 0 rings (SSSR count). The predicted molar refractivity (Wildman–Crippen MR) is 175 cm³/mol. The second-order valence-electron chi connectivity index (χ2n) is 8.31. The van der Waals surface area contributed by atoms with Gasteiger partial charge in [0.05, 0.1) is 0 Å². The molecule has 0 heterocycles. The Morgan fingerprint density at radius 3 is 0.935 bits per heavy atom. The quantitative estimate of drug-likeness (QED) is 0.101. The molecular weight excluding hydrogens is 493 g/mol. The minimum Gasteiger partial charge on any atom is -0.179 e. The summed E-state index contributed by atoms with van der Waals surface area (Å²) in [5.74, 6) is 7.43. The fourth-order valence-electron chi connectivity index (χ4n) is 1.66. The van der Waals surface area contributed by atoms with Crippen molar-refractivity contribution in [3.05, 3.63) is 0 Å². The molecule has 0 radical (unpaired) electrons. The highest BCUT2D eigenvalue weighted by Crippen LogP contribution is 2.05. The van der Waals surface area contributed by atoms with Gasteiger partial charge in [-0.3, -0.25) is 0 Å². The van der Waals surface area contributed by atoms with Gasteiger partial charge in [-0.15, -0.1) is 0 Å². The van der Waals surface area contributed by atoms with Crippen LogP contribution in [0, 0.1) is 17.8 Å². The monoisotopic (exact) mass is 552 g/mol. The van der Waals surface area contributed by atoms with Crippen LogP contribution in [0.3, 0.4) is 0 Å². The first-order valence-corrected chi connectivity index (χ1v) is 16.0. The molecule has 6 heteroatoms. The van der Waals surface area contributed by atoms with Crippen LogP contribution in [0.15, 0.2) is 0 Å². The van der Waals surface area contributed by atoms with Crippen LogP contribution in [0.25, 0.3) is 0 Å². The van der Waals surface area contributed by atoms with Gasteiger partial charge >= 0.3 is 0 Å². The summed E-state index contributed by atoms with van der Waals surface area (Å²) < 4.78 is 0. The number of unbranched alkanes of at least 4 members (excludes halogenated alkanes) is 2. The van der Waals surface area contributed by atoms with Crippen LogP contribution in [0.4, 0.5) is 0 Å². The third-order valence-corrected chi connectivity index (χ3v) is 7.43. The van der Waals surface area contributed by atoms with Crippen LogP contribution >= 0.6 is 75.8 Å². The SMILES string of the molecule is CC(S)CS.CCC(C)CS.CCCC(C)CS.CCCC(C)CS.CCCCCS. The van der Waals surface area contributed by atoms with Crippen LogP contribution in [0.1, 0.15) is 107 Å². The topological polar surface area (TPSA) is 0 Å². The first kappa shape index (κ1) is 43.2. The van der Waals surface area contributed by atoms with Crippen molar-refractivity contribution in [2.75, 3.05) is 28.8 Å². The Kier molecular flexibility index (Phi) is 58.9. The number of hydrogen-bond donors (Lipinski definition) is 6. The van der Waals surface area contributed by atoms with E-state index in [2.05, 4.69) is 124 Å². The van der Waals surface area contributed by atoms with Gasteiger partial charge in [0.25, 0.3) is 0 Å². The number of hydrogen-bond acceptors (Lipinski definition) is 6. The van der Waals surface area contributed by atoms with Crippen molar-refractivity contribution < 1.29 is 0 Å². The second-order valence-corrected chi connectivity index (χ2v) is 11.1. The average molecular weight is 553 g/mol. The van der Waals surface area contributed by atoms with E-state index in [9.17, 15) is 0 Å². The Hall–Kier alpha value is 2.10. The summed E-state index contributed by atoms with van der Waals surface area (Å²) in [6.45, 7) is 17.5. The molecule has 4 unspecified atom stereocenters. The van der Waals surface area contributed by atoms with Gasteiger partial charge in [0.1, 0.15) is 0 Å². The maximum atomic E-state index is 4.15. The fourth-order valence-corrected chi connectivity index (χ4v) is 2.51. The first-order valence-electron chi connectivity index (χ1n) is 12.3. The molecule has 31 heavy (non-hydrogen) atoms. The van der Waals surface area contributed by atoms with E-state index in [0.29, 0.717) is 5.25 Å². The Bertz CT molecular complexity index is 232. The molecule has 0 aliphatic rings. The molecule has 0 N–H and O–H groups in total. The average Bonchev–Trinajstić information content (AvgIpc) is 2.78. The Balaban J connectivity index is -0.0000000913. The van der Waals surface area contributed by atoms with Crippen LogP contribution in [-0.4, -0.2) is 34.0 Å². The Morgan fingerprint density at radius 1 is 0.516 bits per heavy atom. The Morgan fingerprint density at radius 2 is 0.871 bits per heavy atom. The zero-order chi connectivity index (χ0) is 25.5. The maximum Gasteiger partial charge on any atom is 0.00766 e.